The maximum Gasteiger partial charge on any atom is 0.161 e. The van der Waals surface area contributed by atoms with Crippen LogP contribution in [0.15, 0.2) is 150 Å². The summed E-state index contributed by atoms with van der Waals surface area (Å²) in [7, 11) is 0. The van der Waals surface area contributed by atoms with Crippen molar-refractivity contribution in [3.63, 3.8) is 0 Å². The van der Waals surface area contributed by atoms with Gasteiger partial charge in [0, 0.05) is 26.9 Å². The molecule has 11 rings (SSSR count). The van der Waals surface area contributed by atoms with Gasteiger partial charge in [-0.15, -0.1) is 0 Å². The summed E-state index contributed by atoms with van der Waals surface area (Å²) in [6, 6.07) is 52.9. The zero-order valence-corrected chi connectivity index (χ0v) is 26.6. The highest BCUT2D eigenvalue weighted by molar-refractivity contribution is 6.21. The maximum absolute atomic E-state index is 6.47. The van der Waals surface area contributed by atoms with Gasteiger partial charge in [0.05, 0.1) is 11.0 Å². The molecule has 0 N–H and O–H groups in total. The lowest BCUT2D eigenvalue weighted by Gasteiger charge is -2.19. The highest BCUT2D eigenvalue weighted by atomic mass is 16.3. The summed E-state index contributed by atoms with van der Waals surface area (Å²) < 4.78 is 6.47. The second-order valence-electron chi connectivity index (χ2n) is 13.3. The topological polar surface area (TPSA) is 38.9 Å². The first-order valence-electron chi connectivity index (χ1n) is 16.9. The van der Waals surface area contributed by atoms with Gasteiger partial charge in [-0.2, -0.15) is 0 Å². The van der Waals surface area contributed by atoms with Gasteiger partial charge < -0.3 is 4.42 Å². The van der Waals surface area contributed by atoms with Crippen molar-refractivity contribution in [1.82, 2.24) is 9.97 Å². The SMILES string of the molecule is c1ccc2c(c1)Cc1ccc3cc1c1c(cccc1c1ccc4oc5cccc(c6nc7ccccc7c3n6)c5c4c1)Cc1ccccc1-2. The lowest BCUT2D eigenvalue weighted by Crippen LogP contribution is -2.00. The lowest BCUT2D eigenvalue weighted by molar-refractivity contribution is 0.669. The molecule has 3 heteroatoms. The van der Waals surface area contributed by atoms with Crippen LogP contribution in [-0.2, 0) is 12.8 Å². The van der Waals surface area contributed by atoms with Gasteiger partial charge in [0.1, 0.15) is 11.2 Å². The number of furan rings is 1. The first-order chi connectivity index (χ1) is 24.3. The molecule has 0 unspecified atom stereocenters. The Kier molecular flexibility index (Phi) is 5.50. The van der Waals surface area contributed by atoms with Crippen LogP contribution in [0.5, 0.6) is 0 Å². The molecule has 0 spiro atoms. The predicted octanol–water partition coefficient (Wildman–Crippen LogP) is 11.9. The molecule has 0 fully saturated rings. The fourth-order valence-electron chi connectivity index (χ4n) is 8.30. The molecule has 49 heavy (non-hydrogen) atoms. The van der Waals surface area contributed by atoms with E-state index in [1.807, 2.05) is 12.1 Å². The van der Waals surface area contributed by atoms with Crippen LogP contribution < -0.4 is 0 Å². The fraction of sp³-hybridized carbons (Fsp3) is 0.0435. The Bertz CT molecular complexity index is 3060. The monoisotopic (exact) mass is 624 g/mol. The van der Waals surface area contributed by atoms with E-state index < -0.39 is 0 Å². The van der Waals surface area contributed by atoms with Gasteiger partial charge in [0.2, 0.25) is 0 Å². The number of para-hydroxylation sites is 1. The molecular formula is C46H28N2O. The van der Waals surface area contributed by atoms with E-state index in [-0.39, 0.29) is 0 Å². The number of hydrogen-bond donors (Lipinski definition) is 0. The molecule has 7 aromatic carbocycles. The van der Waals surface area contributed by atoms with E-state index in [9.17, 15) is 0 Å². The molecule has 10 aromatic rings. The predicted molar refractivity (Wildman–Crippen MR) is 203 cm³/mol. The van der Waals surface area contributed by atoms with Gasteiger partial charge >= 0.3 is 0 Å². The van der Waals surface area contributed by atoms with E-state index in [2.05, 4.69) is 133 Å². The smallest absolute Gasteiger partial charge is 0.161 e. The number of aromatic nitrogens is 2. The normalized spacial score (nSPS) is 12.7. The van der Waals surface area contributed by atoms with E-state index in [1.54, 1.807) is 0 Å². The average molecular weight is 625 g/mol. The first-order valence-corrected chi connectivity index (χ1v) is 16.9. The molecule has 0 atom stereocenters. The molecule has 3 nitrogen and oxygen atoms in total. The Morgan fingerprint density at radius 2 is 1.08 bits per heavy atom. The summed E-state index contributed by atoms with van der Waals surface area (Å²) >= 11 is 0. The summed E-state index contributed by atoms with van der Waals surface area (Å²) in [5, 5.41) is 10.1. The highest BCUT2D eigenvalue weighted by Crippen LogP contribution is 2.40. The van der Waals surface area contributed by atoms with E-state index >= 15 is 0 Å². The van der Waals surface area contributed by atoms with Gasteiger partial charge in [-0.25, -0.2) is 9.97 Å². The van der Waals surface area contributed by atoms with Crippen LogP contribution in [0.1, 0.15) is 22.3 Å². The van der Waals surface area contributed by atoms with Crippen LogP contribution >= 0.6 is 0 Å². The van der Waals surface area contributed by atoms with Crippen molar-refractivity contribution in [2.75, 3.05) is 0 Å². The van der Waals surface area contributed by atoms with E-state index in [4.69, 9.17) is 14.4 Å². The van der Waals surface area contributed by atoms with Crippen molar-refractivity contribution >= 4 is 76.3 Å². The summed E-state index contributed by atoms with van der Waals surface area (Å²) in [6.07, 6.45) is 1.63. The Morgan fingerprint density at radius 3 is 1.96 bits per heavy atom. The second kappa shape index (κ2) is 10.1. The third-order valence-corrected chi connectivity index (χ3v) is 10.5. The Balaban J connectivity index is 1.43. The third-order valence-electron chi connectivity index (χ3n) is 10.5. The average Bonchev–Trinajstić information content (AvgIpc) is 3.53. The first kappa shape index (κ1) is 26.7. The highest BCUT2D eigenvalue weighted by Gasteiger charge is 2.18. The van der Waals surface area contributed by atoms with Gasteiger partial charge in [-0.3, -0.25) is 0 Å². The minimum Gasteiger partial charge on any atom is -0.456 e. The molecular weight excluding hydrogens is 597 g/mol. The number of benzene rings is 7. The van der Waals surface area contributed by atoms with Crippen LogP contribution in [0.4, 0.5) is 0 Å². The van der Waals surface area contributed by atoms with Crippen LogP contribution in [0, 0.1) is 0 Å². The van der Waals surface area contributed by atoms with Gasteiger partial charge in [-0.05, 0) is 98.1 Å². The van der Waals surface area contributed by atoms with E-state index in [0.29, 0.717) is 5.65 Å². The van der Waals surface area contributed by atoms with Gasteiger partial charge in [-0.1, -0.05) is 115 Å². The largest absolute Gasteiger partial charge is 0.456 e. The lowest BCUT2D eigenvalue weighted by atomic mass is 9.85. The van der Waals surface area contributed by atoms with Crippen molar-refractivity contribution in [2.45, 2.75) is 12.8 Å². The van der Waals surface area contributed by atoms with E-state index in [0.717, 1.165) is 62.0 Å². The van der Waals surface area contributed by atoms with Gasteiger partial charge in [0.25, 0.3) is 0 Å². The van der Waals surface area contributed by atoms with Crippen molar-refractivity contribution < 1.29 is 4.42 Å². The quantitative estimate of drug-likeness (QED) is 0.168. The molecule has 0 aliphatic heterocycles. The molecule has 0 radical (unpaired) electrons. The summed E-state index contributed by atoms with van der Waals surface area (Å²) in [5.41, 5.74) is 12.1. The molecule has 0 saturated heterocycles. The van der Waals surface area contributed by atoms with Crippen molar-refractivity contribution in [1.29, 1.82) is 0 Å². The molecule has 6 bridgehead atoms. The number of hydrogen-bond acceptors (Lipinski definition) is 3. The van der Waals surface area contributed by atoms with Crippen molar-refractivity contribution in [3.05, 3.63) is 168 Å². The minimum absolute atomic E-state index is 0.704. The third kappa shape index (κ3) is 3.96. The van der Waals surface area contributed by atoms with Crippen molar-refractivity contribution in [3.8, 4) is 11.1 Å². The number of fused-ring (bicyclic) bond motifs is 12. The van der Waals surface area contributed by atoms with Gasteiger partial charge in [0.15, 0.2) is 5.65 Å². The number of nitrogens with zero attached hydrogens (tertiary/aromatic N) is 2. The Labute approximate surface area is 281 Å². The number of rotatable bonds is 0. The van der Waals surface area contributed by atoms with Crippen LogP contribution in [0.3, 0.4) is 0 Å². The Hall–Kier alpha value is -6.32. The summed E-state index contributed by atoms with van der Waals surface area (Å²) in [5.74, 6) is 0. The standard InChI is InChI=1S/C46H28N2O/c1-3-12-33-27(9-1)23-29-19-20-32-26-38(29)43-31(24-28-10-2-4-13-34(28)33)11-7-15-35(43)30-21-22-41-39(25-30)44-37(16-8-18-42(44)49-41)46-47-40-17-6-5-14-36(40)45(32)48-46/h1-22,25-26H,23-24H2. The zero-order chi connectivity index (χ0) is 32.1. The second-order valence-corrected chi connectivity index (χ2v) is 13.3. The minimum atomic E-state index is 0.704. The molecule has 1 aliphatic rings. The zero-order valence-electron chi connectivity index (χ0n) is 26.6. The van der Waals surface area contributed by atoms with Crippen LogP contribution in [0.25, 0.3) is 87.4 Å². The summed E-state index contributed by atoms with van der Waals surface area (Å²) in [6.45, 7) is 0. The molecule has 1 aliphatic carbocycles. The van der Waals surface area contributed by atoms with E-state index in [1.165, 1.54) is 54.9 Å². The molecule has 0 saturated carbocycles. The van der Waals surface area contributed by atoms with Crippen LogP contribution in [0.2, 0.25) is 0 Å². The summed E-state index contributed by atoms with van der Waals surface area (Å²) in [4.78, 5) is 10.5. The molecule has 0 amide bonds. The van der Waals surface area contributed by atoms with Crippen molar-refractivity contribution in [2.24, 2.45) is 0 Å². The fourth-order valence-corrected chi connectivity index (χ4v) is 8.30. The van der Waals surface area contributed by atoms with Crippen LogP contribution in [-0.4, -0.2) is 9.97 Å². The Morgan fingerprint density at radius 1 is 0.408 bits per heavy atom. The maximum atomic E-state index is 6.47. The molecule has 3 aromatic heterocycles. The molecule has 228 valence electrons. The molecule has 3 heterocycles.